The van der Waals surface area contributed by atoms with E-state index in [9.17, 15) is 5.26 Å². The number of rotatable bonds is 10. The van der Waals surface area contributed by atoms with Crippen molar-refractivity contribution in [3.05, 3.63) is 58.4 Å². The van der Waals surface area contributed by atoms with Gasteiger partial charge in [0.05, 0.1) is 44.7 Å². The number of nitriles is 1. The second kappa shape index (κ2) is 11.1. The summed E-state index contributed by atoms with van der Waals surface area (Å²) in [6.07, 6.45) is 1.57. The number of benzene rings is 2. The fraction of sp³-hybridized carbons (Fsp3) is 0.231. The third-order valence-corrected chi connectivity index (χ3v) is 6.44. The first-order chi connectivity index (χ1) is 17.1. The molecule has 8 nitrogen and oxygen atoms in total. The Hall–Kier alpha value is -3.84. The summed E-state index contributed by atoms with van der Waals surface area (Å²) in [4.78, 5) is 5.72. The highest BCUT2D eigenvalue weighted by atomic mass is 32.1. The molecule has 2 aromatic heterocycles. The minimum absolute atomic E-state index is 0.117. The standard InChI is InChI=1S/C26H26N4O4S/c1-32-23-10-19(11-24(33-2)26(23)34-3)30-25-18(12-27)13-29-22-9-16(4-5-21(22)25)17-8-20(35-15-17)14-28-6-7-31/h4-5,8-11,13,15,28,31H,6-7,14H2,1-3H3,(H,29,30). The van der Waals surface area contributed by atoms with Crippen LogP contribution in [0.5, 0.6) is 17.2 Å². The molecule has 3 N–H and O–H groups in total. The first-order valence-corrected chi connectivity index (χ1v) is 11.8. The number of thiophene rings is 1. The molecule has 0 aliphatic heterocycles. The molecule has 0 radical (unpaired) electrons. The molecular formula is C26H26N4O4S. The molecule has 2 aromatic carbocycles. The van der Waals surface area contributed by atoms with E-state index in [0.29, 0.717) is 47.3 Å². The number of ether oxygens (including phenoxy) is 3. The number of aliphatic hydroxyl groups excluding tert-OH is 1. The lowest BCUT2D eigenvalue weighted by molar-refractivity contribution is 0.292. The highest BCUT2D eigenvalue weighted by molar-refractivity contribution is 7.10. The van der Waals surface area contributed by atoms with E-state index < -0.39 is 0 Å². The zero-order valence-corrected chi connectivity index (χ0v) is 20.5. The normalized spacial score (nSPS) is 10.7. The van der Waals surface area contributed by atoms with Crippen molar-refractivity contribution in [2.45, 2.75) is 6.54 Å². The van der Waals surface area contributed by atoms with Crippen LogP contribution in [-0.2, 0) is 6.54 Å². The zero-order valence-electron chi connectivity index (χ0n) is 19.7. The fourth-order valence-corrected chi connectivity index (χ4v) is 4.67. The topological polar surface area (TPSA) is 109 Å². The van der Waals surface area contributed by atoms with Gasteiger partial charge in [-0.1, -0.05) is 12.1 Å². The van der Waals surface area contributed by atoms with E-state index in [1.165, 1.54) is 4.88 Å². The highest BCUT2D eigenvalue weighted by Crippen LogP contribution is 2.41. The summed E-state index contributed by atoms with van der Waals surface area (Å²) < 4.78 is 16.3. The van der Waals surface area contributed by atoms with Crippen molar-refractivity contribution < 1.29 is 19.3 Å². The van der Waals surface area contributed by atoms with Gasteiger partial charge in [0, 0.05) is 47.4 Å². The van der Waals surface area contributed by atoms with Crippen molar-refractivity contribution in [2.75, 3.05) is 39.8 Å². The summed E-state index contributed by atoms with van der Waals surface area (Å²) in [6, 6.07) is 14.0. The third kappa shape index (κ3) is 5.15. The van der Waals surface area contributed by atoms with Gasteiger partial charge in [-0.3, -0.25) is 4.98 Å². The molecule has 0 spiro atoms. The number of aromatic nitrogens is 1. The fourth-order valence-electron chi connectivity index (χ4n) is 3.81. The average Bonchev–Trinajstić information content (AvgIpc) is 3.37. The SMILES string of the molecule is COc1cc(Nc2c(C#N)cnc3cc(-c4csc(CNCCO)c4)ccc23)cc(OC)c1OC. The maximum atomic E-state index is 9.74. The molecule has 0 atom stereocenters. The predicted octanol–water partition coefficient (Wildman–Crippen LogP) is 4.69. The number of fused-ring (bicyclic) bond motifs is 1. The Kier molecular flexibility index (Phi) is 7.67. The van der Waals surface area contributed by atoms with E-state index in [1.807, 2.05) is 18.2 Å². The second-order valence-electron chi connectivity index (χ2n) is 7.63. The van der Waals surface area contributed by atoms with Crippen molar-refractivity contribution in [1.29, 1.82) is 5.26 Å². The van der Waals surface area contributed by atoms with Gasteiger partial charge in [0.25, 0.3) is 0 Å². The van der Waals surface area contributed by atoms with Crippen molar-refractivity contribution in [3.8, 4) is 34.4 Å². The van der Waals surface area contributed by atoms with Gasteiger partial charge in [0.1, 0.15) is 6.07 Å². The third-order valence-electron chi connectivity index (χ3n) is 5.50. The lowest BCUT2D eigenvalue weighted by Gasteiger charge is -2.16. The first-order valence-electron chi connectivity index (χ1n) is 10.9. The maximum absolute atomic E-state index is 9.74. The molecule has 0 aliphatic carbocycles. The average molecular weight is 491 g/mol. The van der Waals surface area contributed by atoms with Crippen LogP contribution in [0, 0.1) is 11.3 Å². The Morgan fingerprint density at radius 1 is 1.03 bits per heavy atom. The van der Waals surface area contributed by atoms with Crippen LogP contribution in [0.4, 0.5) is 11.4 Å². The molecule has 0 amide bonds. The summed E-state index contributed by atoms with van der Waals surface area (Å²) in [5, 5.41) is 28.2. The van der Waals surface area contributed by atoms with Crippen LogP contribution in [0.2, 0.25) is 0 Å². The Bertz CT molecular complexity index is 1350. The summed E-state index contributed by atoms with van der Waals surface area (Å²) in [7, 11) is 4.67. The number of methoxy groups -OCH3 is 3. The molecule has 9 heteroatoms. The maximum Gasteiger partial charge on any atom is 0.203 e. The van der Waals surface area contributed by atoms with E-state index in [4.69, 9.17) is 19.3 Å². The molecule has 0 unspecified atom stereocenters. The number of hydrogen-bond acceptors (Lipinski definition) is 9. The number of pyridine rings is 1. The summed E-state index contributed by atoms with van der Waals surface area (Å²) in [5.41, 5.74) is 4.67. The van der Waals surface area contributed by atoms with Gasteiger partial charge in [-0.2, -0.15) is 5.26 Å². The van der Waals surface area contributed by atoms with Crippen LogP contribution in [0.25, 0.3) is 22.0 Å². The predicted molar refractivity (Wildman–Crippen MR) is 138 cm³/mol. The van der Waals surface area contributed by atoms with Gasteiger partial charge in [-0.25, -0.2) is 0 Å². The molecule has 0 saturated carbocycles. The van der Waals surface area contributed by atoms with E-state index in [-0.39, 0.29) is 6.61 Å². The Morgan fingerprint density at radius 3 is 2.46 bits per heavy atom. The smallest absolute Gasteiger partial charge is 0.203 e. The number of anilines is 2. The summed E-state index contributed by atoms with van der Waals surface area (Å²) in [5.74, 6) is 1.51. The molecule has 4 rings (SSSR count). The van der Waals surface area contributed by atoms with Crippen molar-refractivity contribution >= 4 is 33.6 Å². The number of nitrogens with one attached hydrogen (secondary N) is 2. The number of nitrogens with zero attached hydrogens (tertiary/aromatic N) is 2. The molecular weight excluding hydrogens is 464 g/mol. The van der Waals surface area contributed by atoms with E-state index >= 15 is 0 Å². The largest absolute Gasteiger partial charge is 0.493 e. The Morgan fingerprint density at radius 2 is 1.80 bits per heavy atom. The van der Waals surface area contributed by atoms with E-state index in [2.05, 4.69) is 33.1 Å². The lowest BCUT2D eigenvalue weighted by atomic mass is 10.0. The number of hydrogen-bond donors (Lipinski definition) is 3. The van der Waals surface area contributed by atoms with E-state index in [1.54, 1.807) is 51.0 Å². The van der Waals surface area contributed by atoms with Crippen LogP contribution in [0.15, 0.2) is 48.0 Å². The molecule has 0 aliphatic rings. The zero-order chi connectivity index (χ0) is 24.8. The molecule has 0 fully saturated rings. The van der Waals surface area contributed by atoms with Gasteiger partial charge >= 0.3 is 0 Å². The van der Waals surface area contributed by atoms with Crippen molar-refractivity contribution in [1.82, 2.24) is 10.3 Å². The van der Waals surface area contributed by atoms with Crippen LogP contribution in [0.1, 0.15) is 10.4 Å². The van der Waals surface area contributed by atoms with Crippen LogP contribution >= 0.6 is 11.3 Å². The van der Waals surface area contributed by atoms with E-state index in [0.717, 1.165) is 22.0 Å². The number of aliphatic hydroxyl groups is 1. The molecule has 4 aromatic rings. The first kappa shape index (κ1) is 24.3. The van der Waals surface area contributed by atoms with Crippen LogP contribution in [0.3, 0.4) is 0 Å². The van der Waals surface area contributed by atoms with Crippen LogP contribution in [-0.4, -0.2) is 44.6 Å². The quantitative estimate of drug-likeness (QED) is 0.275. The molecule has 180 valence electrons. The Balaban J connectivity index is 1.71. The molecule has 0 bridgehead atoms. The summed E-state index contributed by atoms with van der Waals surface area (Å²) >= 11 is 1.67. The molecule has 2 heterocycles. The monoisotopic (exact) mass is 490 g/mol. The minimum Gasteiger partial charge on any atom is -0.493 e. The lowest BCUT2D eigenvalue weighted by Crippen LogP contribution is -2.16. The van der Waals surface area contributed by atoms with Gasteiger partial charge in [0.15, 0.2) is 11.5 Å². The van der Waals surface area contributed by atoms with Gasteiger partial charge in [-0.05, 0) is 28.6 Å². The second-order valence-corrected chi connectivity index (χ2v) is 8.63. The van der Waals surface area contributed by atoms with Crippen LogP contribution < -0.4 is 24.8 Å². The van der Waals surface area contributed by atoms with Gasteiger partial charge in [-0.15, -0.1) is 11.3 Å². The van der Waals surface area contributed by atoms with Gasteiger partial charge in [0.2, 0.25) is 5.75 Å². The Labute approximate surface area is 207 Å². The van der Waals surface area contributed by atoms with Crippen molar-refractivity contribution in [2.24, 2.45) is 0 Å². The minimum atomic E-state index is 0.117. The van der Waals surface area contributed by atoms with Gasteiger partial charge < -0.3 is 30.0 Å². The molecule has 0 saturated heterocycles. The molecule has 35 heavy (non-hydrogen) atoms. The van der Waals surface area contributed by atoms with Crippen molar-refractivity contribution in [3.63, 3.8) is 0 Å². The highest BCUT2D eigenvalue weighted by Gasteiger charge is 2.16. The summed E-state index contributed by atoms with van der Waals surface area (Å²) in [6.45, 7) is 1.40.